The molecule has 5 heterocycles. The van der Waals surface area contributed by atoms with Crippen molar-refractivity contribution >= 4 is 0 Å². The SMILES string of the molecule is Cc1ccc(-c2cc[n+](C)c(-c3ccccc3C)c2)cc1.Cc1cccc(-c2cc[n+](C)c(-c3ccccc3C)c2)c1.[2H]C([2H])([2H])C([2H])(C)c1cc(-c2cc[n+](C)c(-c3ccccc3C)c2)ccc1F.[2H]C([2H])([2H])C([2H])(C)c1cccc(-c2cc[n+](C)c(-c3ccccc3C)c2)c1.[2H]C([2H])([2H])c1ccccc1-c1cc[n+](C)c(-c2ccccc2C)c1. The van der Waals surface area contributed by atoms with E-state index in [1.54, 1.807) is 24.3 Å². The van der Waals surface area contributed by atoms with Gasteiger partial charge in [0.25, 0.3) is 0 Å². The summed E-state index contributed by atoms with van der Waals surface area (Å²) in [6, 6.07) is 98.7. The van der Waals surface area contributed by atoms with Gasteiger partial charge in [0.2, 0.25) is 28.5 Å². The largest absolute Gasteiger partial charge is 0.213 e. The minimum absolute atomic E-state index is 0.129. The number of rotatable bonds is 12. The van der Waals surface area contributed by atoms with Crippen LogP contribution in [0.3, 0.4) is 0 Å². The molecule has 0 fully saturated rings. The minimum atomic E-state index is -2.64. The first-order valence-corrected chi connectivity index (χ1v) is 37.2. The lowest BCUT2D eigenvalue weighted by atomic mass is 9.96. The summed E-state index contributed by atoms with van der Waals surface area (Å²) < 4.78 is 111. The first-order valence-electron chi connectivity index (χ1n) is 42.7. The van der Waals surface area contributed by atoms with Gasteiger partial charge in [-0.3, -0.25) is 0 Å². The van der Waals surface area contributed by atoms with Crippen LogP contribution in [0.15, 0.2) is 328 Å². The van der Waals surface area contributed by atoms with Crippen LogP contribution in [0.25, 0.3) is 112 Å². The first kappa shape index (κ1) is 65.0. The molecule has 15 rings (SSSR count). The van der Waals surface area contributed by atoms with E-state index in [2.05, 4.69) is 244 Å². The van der Waals surface area contributed by atoms with Crippen LogP contribution in [0.1, 0.15) is 110 Å². The van der Waals surface area contributed by atoms with E-state index >= 15 is 0 Å². The normalized spacial score (nSPS) is 13.7. The Morgan fingerprint density at radius 3 is 0.945 bits per heavy atom. The molecule has 0 aliphatic heterocycles. The molecule has 110 heavy (non-hydrogen) atoms. The van der Waals surface area contributed by atoms with Crippen LogP contribution in [0.4, 0.5) is 4.39 Å². The summed E-state index contributed by atoms with van der Waals surface area (Å²) in [5, 5.41) is 0. The van der Waals surface area contributed by atoms with Gasteiger partial charge in [0, 0.05) is 104 Å². The maximum atomic E-state index is 14.4. The van der Waals surface area contributed by atoms with Gasteiger partial charge < -0.3 is 0 Å². The molecule has 2 unspecified atom stereocenters. The van der Waals surface area contributed by atoms with E-state index in [0.717, 1.165) is 67.2 Å². The molecule has 0 amide bonds. The summed E-state index contributed by atoms with van der Waals surface area (Å²) in [6.07, 6.45) is 10.2. The van der Waals surface area contributed by atoms with Gasteiger partial charge in [-0.2, -0.15) is 0 Å². The summed E-state index contributed by atoms with van der Waals surface area (Å²) in [6.45, 7) is 10.3. The van der Waals surface area contributed by atoms with E-state index in [1.807, 2.05) is 154 Å². The Morgan fingerprint density at radius 1 is 0.264 bits per heavy atom. The molecule has 2 atom stereocenters. The first-order chi connectivity index (χ1) is 57.3. The second kappa shape index (κ2) is 36.7. The van der Waals surface area contributed by atoms with E-state index in [-0.39, 0.29) is 5.56 Å². The Hall–Kier alpha value is -12.1. The smallest absolute Gasteiger partial charge is 0.207 e. The highest BCUT2D eigenvalue weighted by molar-refractivity contribution is 5.76. The van der Waals surface area contributed by atoms with Crippen LogP contribution in [0.5, 0.6) is 0 Å². The number of aryl methyl sites for hydroxylation is 13. The van der Waals surface area contributed by atoms with Crippen molar-refractivity contribution in [1.82, 2.24) is 0 Å². The van der Waals surface area contributed by atoms with Crippen molar-refractivity contribution in [3.63, 3.8) is 0 Å². The Balaban J connectivity index is 0.000000148. The predicted molar refractivity (Wildman–Crippen MR) is 458 cm³/mol. The van der Waals surface area contributed by atoms with E-state index in [1.165, 1.54) is 104 Å². The van der Waals surface area contributed by atoms with Gasteiger partial charge in [0.1, 0.15) is 41.1 Å². The third-order valence-electron chi connectivity index (χ3n) is 20.2. The van der Waals surface area contributed by atoms with Gasteiger partial charge in [0.15, 0.2) is 31.0 Å². The predicted octanol–water partition coefficient (Wildman–Crippen LogP) is 24.1. The van der Waals surface area contributed by atoms with Gasteiger partial charge in [-0.05, 0) is 210 Å². The zero-order valence-corrected chi connectivity index (χ0v) is 65.8. The lowest BCUT2D eigenvalue weighted by Crippen LogP contribution is -2.30. The maximum Gasteiger partial charge on any atom is 0.213 e. The molecule has 0 aliphatic rings. The Labute approximate surface area is 670 Å². The van der Waals surface area contributed by atoms with Gasteiger partial charge in [-0.1, -0.05) is 233 Å². The van der Waals surface area contributed by atoms with E-state index in [9.17, 15) is 4.39 Å². The molecule has 15 aromatic rings. The molecule has 0 N–H and O–H groups in total. The van der Waals surface area contributed by atoms with E-state index < -0.39 is 38.2 Å². The molecule has 5 nitrogen and oxygen atoms in total. The number of hydrogen-bond donors (Lipinski definition) is 0. The van der Waals surface area contributed by atoms with Crippen LogP contribution >= 0.6 is 0 Å². The molecular weight excluding hydrogens is 1340 g/mol. The highest BCUT2D eigenvalue weighted by Gasteiger charge is 2.21. The fourth-order valence-electron chi connectivity index (χ4n) is 13.6. The van der Waals surface area contributed by atoms with Crippen LogP contribution < -0.4 is 22.8 Å². The molecule has 550 valence electrons. The van der Waals surface area contributed by atoms with Crippen molar-refractivity contribution in [2.75, 3.05) is 0 Å². The number of nitrogens with zero attached hydrogens (tertiary/aromatic N) is 5. The van der Waals surface area contributed by atoms with Crippen molar-refractivity contribution in [2.45, 2.75) is 94.7 Å². The fourth-order valence-corrected chi connectivity index (χ4v) is 13.6. The second-order valence-electron chi connectivity index (χ2n) is 28.4. The van der Waals surface area contributed by atoms with Crippen LogP contribution in [0.2, 0.25) is 0 Å². The van der Waals surface area contributed by atoms with Gasteiger partial charge in [0.05, 0.1) is 0 Å². The summed E-state index contributed by atoms with van der Waals surface area (Å²) in [5.74, 6) is -4.37. The molecule has 5 aromatic heterocycles. The van der Waals surface area contributed by atoms with Crippen LogP contribution in [-0.4, -0.2) is 0 Å². The number of benzene rings is 10. The van der Waals surface area contributed by atoms with Crippen molar-refractivity contribution in [2.24, 2.45) is 35.2 Å². The Bertz CT molecular complexity index is 6180. The van der Waals surface area contributed by atoms with Crippen molar-refractivity contribution in [1.29, 1.82) is 0 Å². The number of hydrogen-bond acceptors (Lipinski definition) is 0. The monoisotopic (exact) mass is 1460 g/mol. The molecule has 0 radical (unpaired) electrons. The average Bonchev–Trinajstić information content (AvgIpc) is 0.770. The third-order valence-corrected chi connectivity index (χ3v) is 20.2. The van der Waals surface area contributed by atoms with Crippen LogP contribution in [-0.2, 0) is 35.2 Å². The van der Waals surface area contributed by atoms with Crippen molar-refractivity contribution in [3.8, 4) is 112 Å². The topological polar surface area (TPSA) is 19.4 Å². The second-order valence-corrected chi connectivity index (χ2v) is 28.4. The molecular formula is C104H107FN5+5. The maximum absolute atomic E-state index is 14.4. The molecule has 0 bridgehead atoms. The minimum Gasteiger partial charge on any atom is -0.207 e. The van der Waals surface area contributed by atoms with Crippen molar-refractivity contribution < 1.29 is 42.3 Å². The Morgan fingerprint density at radius 2 is 0.573 bits per heavy atom. The molecule has 0 saturated carbocycles. The van der Waals surface area contributed by atoms with Gasteiger partial charge >= 0.3 is 0 Å². The lowest BCUT2D eigenvalue weighted by molar-refractivity contribution is -0.660. The summed E-state index contributed by atoms with van der Waals surface area (Å²) in [4.78, 5) is 0. The van der Waals surface area contributed by atoms with Gasteiger partial charge in [-0.15, -0.1) is 0 Å². The summed E-state index contributed by atoms with van der Waals surface area (Å²) in [5.41, 5.74) is 31.2. The summed E-state index contributed by atoms with van der Waals surface area (Å²) in [7, 11) is 10.2. The van der Waals surface area contributed by atoms with E-state index in [0.29, 0.717) is 16.7 Å². The number of aromatic nitrogens is 5. The molecule has 0 saturated heterocycles. The van der Waals surface area contributed by atoms with E-state index in [4.69, 9.17) is 15.1 Å². The fraction of sp³-hybridized carbons (Fsp3) is 0.183. The zero-order chi connectivity index (χ0) is 87.5. The zero-order valence-electron chi connectivity index (χ0n) is 76.8. The number of halogens is 1. The number of pyridine rings is 5. The highest BCUT2D eigenvalue weighted by atomic mass is 19.1. The van der Waals surface area contributed by atoms with Gasteiger partial charge in [-0.25, -0.2) is 27.2 Å². The van der Waals surface area contributed by atoms with Crippen molar-refractivity contribution in [3.05, 3.63) is 390 Å². The molecule has 0 aliphatic carbocycles. The average molecular weight is 1460 g/mol. The van der Waals surface area contributed by atoms with Crippen LogP contribution in [0, 0.1) is 61.1 Å². The standard InChI is InChI=1S/C22H23FN.C22H24N.3C20H20N/c1-15(2)20-13-17(9-10-21(20)23)18-11-12-24(4)22(14-18)19-8-6-5-7-16(19)3;1-16(2)18-9-7-10-19(14-18)20-12-13-23(4)22(15-20)21-11-6-5-8-17(21)3;1-15-8-4-6-10-18(15)17-12-13-21(3)20(14-17)19-11-7-5-9-16(19)2;1-15-7-6-9-17(13-15)18-11-12-21(3)20(14-18)19-10-5-4-8-16(19)2;1-15-8-10-17(11-9-15)18-12-13-21(3)20(14-18)19-7-5-4-6-16(19)2/h5-15H,1-4H3;5-16H,1-4H3;3*4-14H,1-3H3/q5*+1/i1D3,15D;1D3,16D;1D3;;. The molecule has 0 spiro atoms. The quantitative estimate of drug-likeness (QED) is 0.109. The molecule has 6 heteroatoms. The summed E-state index contributed by atoms with van der Waals surface area (Å²) >= 11 is 0. The Kier molecular flexibility index (Phi) is 21.7. The highest BCUT2D eigenvalue weighted by Crippen LogP contribution is 2.34. The third kappa shape index (κ3) is 19.6. The molecule has 10 aromatic carbocycles. The lowest BCUT2D eigenvalue weighted by Gasteiger charge is -2.11.